The molecule has 23 heavy (non-hydrogen) atoms. The molecule has 0 aliphatic rings. The minimum absolute atomic E-state index is 0.611. The van der Waals surface area contributed by atoms with Crippen LogP contribution in [0, 0.1) is 0 Å². The average Bonchev–Trinajstić information content (AvgIpc) is 2.92. The van der Waals surface area contributed by atoms with Gasteiger partial charge in [0.05, 0.1) is 18.0 Å². The van der Waals surface area contributed by atoms with Crippen molar-refractivity contribution >= 4 is 17.7 Å². The van der Waals surface area contributed by atoms with Gasteiger partial charge in [0.1, 0.15) is 11.4 Å². The Labute approximate surface area is 133 Å². The molecular formula is C18H16N2O3. The monoisotopic (exact) mass is 308 g/mol. The Morgan fingerprint density at radius 3 is 2.74 bits per heavy atom. The molecule has 2 aromatic heterocycles. The number of fused-ring (bicyclic) bond motifs is 1. The first kappa shape index (κ1) is 14.8. The number of carboxylic acids is 1. The van der Waals surface area contributed by atoms with Crippen molar-refractivity contribution < 1.29 is 14.6 Å². The first-order valence-electron chi connectivity index (χ1n) is 7.30. The average molecular weight is 308 g/mol. The zero-order chi connectivity index (χ0) is 16.2. The van der Waals surface area contributed by atoms with Crippen LogP contribution in [-0.2, 0) is 4.79 Å². The van der Waals surface area contributed by atoms with E-state index in [4.69, 9.17) is 9.84 Å². The van der Waals surface area contributed by atoms with Gasteiger partial charge in [-0.3, -0.25) is 4.40 Å². The summed E-state index contributed by atoms with van der Waals surface area (Å²) in [5, 5.41) is 8.91. The minimum Gasteiger partial charge on any atom is -0.494 e. The number of ether oxygens (including phenoxy) is 1. The highest BCUT2D eigenvalue weighted by atomic mass is 16.5. The molecule has 0 saturated carbocycles. The van der Waals surface area contributed by atoms with Crippen LogP contribution < -0.4 is 4.74 Å². The Morgan fingerprint density at radius 1 is 1.26 bits per heavy atom. The number of pyridine rings is 1. The van der Waals surface area contributed by atoms with Gasteiger partial charge in [-0.25, -0.2) is 9.78 Å². The summed E-state index contributed by atoms with van der Waals surface area (Å²) >= 11 is 0. The van der Waals surface area contributed by atoms with Crippen LogP contribution >= 0.6 is 0 Å². The van der Waals surface area contributed by atoms with Crippen molar-refractivity contribution in [3.05, 3.63) is 60.4 Å². The number of nitrogens with zero attached hydrogens (tertiary/aromatic N) is 2. The maximum atomic E-state index is 10.9. The third kappa shape index (κ3) is 3.08. The van der Waals surface area contributed by atoms with Gasteiger partial charge in [-0.2, -0.15) is 0 Å². The summed E-state index contributed by atoms with van der Waals surface area (Å²) in [6, 6.07) is 13.3. The predicted molar refractivity (Wildman–Crippen MR) is 88.5 cm³/mol. The SMILES string of the molecule is CCOc1ccc(-c2nc3ccccn3c2/C=C/C(=O)O)cc1. The Hall–Kier alpha value is -3.08. The van der Waals surface area contributed by atoms with Crippen LogP contribution in [0.5, 0.6) is 5.75 Å². The van der Waals surface area contributed by atoms with E-state index in [0.29, 0.717) is 6.61 Å². The van der Waals surface area contributed by atoms with Gasteiger partial charge in [0, 0.05) is 17.8 Å². The van der Waals surface area contributed by atoms with Gasteiger partial charge < -0.3 is 9.84 Å². The van der Waals surface area contributed by atoms with E-state index in [0.717, 1.165) is 34.4 Å². The second kappa shape index (κ2) is 6.36. The highest BCUT2D eigenvalue weighted by Gasteiger charge is 2.12. The molecule has 0 bridgehead atoms. The van der Waals surface area contributed by atoms with Crippen LogP contribution in [-0.4, -0.2) is 27.1 Å². The molecule has 0 radical (unpaired) electrons. The molecule has 1 aromatic carbocycles. The topological polar surface area (TPSA) is 63.8 Å². The molecule has 0 unspecified atom stereocenters. The lowest BCUT2D eigenvalue weighted by Gasteiger charge is -2.04. The molecule has 0 amide bonds. The summed E-state index contributed by atoms with van der Waals surface area (Å²) in [5.74, 6) is -0.198. The first-order valence-corrected chi connectivity index (χ1v) is 7.30. The highest BCUT2D eigenvalue weighted by molar-refractivity contribution is 5.87. The van der Waals surface area contributed by atoms with E-state index >= 15 is 0 Å². The molecule has 116 valence electrons. The van der Waals surface area contributed by atoms with E-state index < -0.39 is 5.97 Å². The zero-order valence-corrected chi connectivity index (χ0v) is 12.6. The van der Waals surface area contributed by atoms with Gasteiger partial charge in [-0.15, -0.1) is 0 Å². The predicted octanol–water partition coefficient (Wildman–Crippen LogP) is 3.50. The summed E-state index contributed by atoms with van der Waals surface area (Å²) in [4.78, 5) is 15.5. The van der Waals surface area contributed by atoms with Crippen LogP contribution in [0.3, 0.4) is 0 Å². The van der Waals surface area contributed by atoms with Crippen molar-refractivity contribution in [3.8, 4) is 17.0 Å². The lowest BCUT2D eigenvalue weighted by atomic mass is 10.1. The Morgan fingerprint density at radius 2 is 2.04 bits per heavy atom. The molecule has 0 spiro atoms. The van der Waals surface area contributed by atoms with Crippen molar-refractivity contribution in [1.29, 1.82) is 0 Å². The summed E-state index contributed by atoms with van der Waals surface area (Å²) in [6.45, 7) is 2.55. The fourth-order valence-corrected chi connectivity index (χ4v) is 2.41. The molecule has 5 heteroatoms. The molecule has 2 heterocycles. The number of aliphatic carboxylic acids is 1. The number of imidazole rings is 1. The van der Waals surface area contributed by atoms with Gasteiger partial charge in [0.25, 0.3) is 0 Å². The van der Waals surface area contributed by atoms with Crippen LogP contribution in [0.25, 0.3) is 23.0 Å². The summed E-state index contributed by atoms with van der Waals surface area (Å²) in [7, 11) is 0. The molecule has 0 atom stereocenters. The maximum absolute atomic E-state index is 10.9. The fraction of sp³-hybridized carbons (Fsp3) is 0.111. The third-order valence-electron chi connectivity index (χ3n) is 3.39. The molecule has 3 aromatic rings. The molecule has 0 saturated heterocycles. The van der Waals surface area contributed by atoms with Gasteiger partial charge in [0.15, 0.2) is 0 Å². The Balaban J connectivity index is 2.12. The fourth-order valence-electron chi connectivity index (χ4n) is 2.41. The number of hydrogen-bond donors (Lipinski definition) is 1. The largest absolute Gasteiger partial charge is 0.494 e. The number of rotatable bonds is 5. The van der Waals surface area contributed by atoms with Crippen LogP contribution in [0.2, 0.25) is 0 Å². The van der Waals surface area contributed by atoms with Crippen molar-refractivity contribution in [1.82, 2.24) is 9.38 Å². The van der Waals surface area contributed by atoms with Crippen LogP contribution in [0.4, 0.5) is 0 Å². The third-order valence-corrected chi connectivity index (χ3v) is 3.39. The quantitative estimate of drug-likeness (QED) is 0.733. The van der Waals surface area contributed by atoms with Crippen molar-refractivity contribution in [3.63, 3.8) is 0 Å². The molecule has 1 N–H and O–H groups in total. The Kier molecular flexibility index (Phi) is 4.10. The van der Waals surface area contributed by atoms with E-state index in [9.17, 15) is 4.79 Å². The number of aromatic nitrogens is 2. The number of carboxylic acid groups (broad SMARTS) is 1. The van der Waals surface area contributed by atoms with E-state index in [1.165, 1.54) is 0 Å². The maximum Gasteiger partial charge on any atom is 0.328 e. The number of carbonyl (C=O) groups is 1. The Bertz CT molecular complexity index is 864. The van der Waals surface area contributed by atoms with Crippen molar-refractivity contribution in [2.24, 2.45) is 0 Å². The van der Waals surface area contributed by atoms with E-state index in [1.54, 1.807) is 6.08 Å². The van der Waals surface area contributed by atoms with E-state index in [1.807, 2.05) is 60.0 Å². The van der Waals surface area contributed by atoms with Gasteiger partial charge in [0.2, 0.25) is 0 Å². The minimum atomic E-state index is -0.992. The van der Waals surface area contributed by atoms with Crippen molar-refractivity contribution in [2.75, 3.05) is 6.61 Å². The van der Waals surface area contributed by atoms with Gasteiger partial charge in [-0.1, -0.05) is 6.07 Å². The molecular weight excluding hydrogens is 292 g/mol. The van der Waals surface area contributed by atoms with Gasteiger partial charge in [-0.05, 0) is 49.4 Å². The summed E-state index contributed by atoms with van der Waals surface area (Å²) in [6.07, 6.45) is 4.55. The lowest BCUT2D eigenvalue weighted by Crippen LogP contribution is -1.92. The second-order valence-corrected chi connectivity index (χ2v) is 4.90. The number of hydrogen-bond acceptors (Lipinski definition) is 3. The van der Waals surface area contributed by atoms with Gasteiger partial charge >= 0.3 is 5.97 Å². The van der Waals surface area contributed by atoms with Crippen LogP contribution in [0.15, 0.2) is 54.7 Å². The molecule has 3 rings (SSSR count). The molecule has 0 aliphatic carbocycles. The summed E-state index contributed by atoms with van der Waals surface area (Å²) in [5.41, 5.74) is 3.13. The van der Waals surface area contributed by atoms with E-state index in [-0.39, 0.29) is 0 Å². The van der Waals surface area contributed by atoms with Crippen molar-refractivity contribution in [2.45, 2.75) is 6.92 Å². The zero-order valence-electron chi connectivity index (χ0n) is 12.6. The van der Waals surface area contributed by atoms with Crippen LogP contribution in [0.1, 0.15) is 12.6 Å². The molecule has 0 aliphatic heterocycles. The highest BCUT2D eigenvalue weighted by Crippen LogP contribution is 2.27. The first-order chi connectivity index (χ1) is 11.2. The smallest absolute Gasteiger partial charge is 0.328 e. The van der Waals surface area contributed by atoms with E-state index in [2.05, 4.69) is 4.98 Å². The lowest BCUT2D eigenvalue weighted by molar-refractivity contribution is -0.131. The molecule has 0 fully saturated rings. The standard InChI is InChI=1S/C18H16N2O3/c1-2-23-14-8-6-13(7-9-14)18-15(10-11-17(21)22)20-12-4-3-5-16(20)19-18/h3-12H,2H2,1H3,(H,21,22)/b11-10+. The normalized spacial score (nSPS) is 11.2. The second-order valence-electron chi connectivity index (χ2n) is 4.90. The number of benzene rings is 1. The summed E-state index contributed by atoms with van der Waals surface area (Å²) < 4.78 is 7.31. The molecule has 5 nitrogen and oxygen atoms in total.